The topological polar surface area (TPSA) is 57.8 Å². The standard InChI is InChI=1S/C19H23N5O/c1-13-18(14(2)23(21-13)16-7-5-4-6-8-16)11-19-20-15(3)22-24(19)17-9-10-25-12-17/h4-8,17H,9-12H2,1-3H3. The van der Waals surface area contributed by atoms with Crippen LogP contribution in [0.5, 0.6) is 0 Å². The third-order valence-corrected chi connectivity index (χ3v) is 4.84. The third kappa shape index (κ3) is 2.98. The molecular formula is C19H23N5O. The Bertz CT molecular complexity index is 875. The molecule has 4 rings (SSSR count). The van der Waals surface area contributed by atoms with Crippen LogP contribution in [0.15, 0.2) is 30.3 Å². The van der Waals surface area contributed by atoms with Gasteiger partial charge in [-0.25, -0.2) is 14.3 Å². The summed E-state index contributed by atoms with van der Waals surface area (Å²) in [5.74, 6) is 1.81. The molecule has 25 heavy (non-hydrogen) atoms. The molecule has 1 aliphatic rings. The number of hydrogen-bond acceptors (Lipinski definition) is 4. The molecule has 0 amide bonds. The Morgan fingerprint density at radius 1 is 1.12 bits per heavy atom. The summed E-state index contributed by atoms with van der Waals surface area (Å²) in [6.07, 6.45) is 1.74. The van der Waals surface area contributed by atoms with Crippen molar-refractivity contribution in [3.05, 3.63) is 58.9 Å². The van der Waals surface area contributed by atoms with Crippen molar-refractivity contribution in [2.24, 2.45) is 0 Å². The lowest BCUT2D eigenvalue weighted by Crippen LogP contribution is -2.14. The van der Waals surface area contributed by atoms with Crippen LogP contribution in [0, 0.1) is 20.8 Å². The number of ether oxygens (including phenoxy) is 1. The molecule has 6 heteroatoms. The molecule has 3 aromatic rings. The van der Waals surface area contributed by atoms with E-state index in [1.165, 1.54) is 5.56 Å². The molecule has 3 heterocycles. The molecule has 6 nitrogen and oxygen atoms in total. The summed E-state index contributed by atoms with van der Waals surface area (Å²) in [5.41, 5.74) is 4.49. The summed E-state index contributed by atoms with van der Waals surface area (Å²) in [5, 5.41) is 9.36. The predicted octanol–water partition coefficient (Wildman–Crippen LogP) is 2.94. The van der Waals surface area contributed by atoms with Crippen LogP contribution in [-0.2, 0) is 11.2 Å². The molecule has 0 aliphatic carbocycles. The van der Waals surface area contributed by atoms with E-state index in [0.717, 1.165) is 54.8 Å². The van der Waals surface area contributed by atoms with Gasteiger partial charge in [0.1, 0.15) is 11.6 Å². The van der Waals surface area contributed by atoms with Crippen molar-refractivity contribution in [2.45, 2.75) is 39.7 Å². The van der Waals surface area contributed by atoms with Gasteiger partial charge in [-0.3, -0.25) is 0 Å². The van der Waals surface area contributed by atoms with Gasteiger partial charge in [0, 0.05) is 24.3 Å². The second kappa shape index (κ2) is 6.44. The van der Waals surface area contributed by atoms with E-state index < -0.39 is 0 Å². The summed E-state index contributed by atoms with van der Waals surface area (Å²) in [6, 6.07) is 10.5. The molecule has 0 bridgehead atoms. The molecular weight excluding hydrogens is 314 g/mol. The van der Waals surface area contributed by atoms with Gasteiger partial charge in [-0.05, 0) is 39.3 Å². The van der Waals surface area contributed by atoms with Crippen molar-refractivity contribution >= 4 is 0 Å². The summed E-state index contributed by atoms with van der Waals surface area (Å²) in [7, 11) is 0. The lowest BCUT2D eigenvalue weighted by Gasteiger charge is -2.11. The summed E-state index contributed by atoms with van der Waals surface area (Å²) >= 11 is 0. The number of nitrogens with zero attached hydrogens (tertiary/aromatic N) is 5. The number of para-hydroxylation sites is 1. The van der Waals surface area contributed by atoms with Crippen molar-refractivity contribution in [1.29, 1.82) is 0 Å². The van der Waals surface area contributed by atoms with Crippen molar-refractivity contribution < 1.29 is 4.74 Å². The summed E-state index contributed by atoms with van der Waals surface area (Å²) < 4.78 is 9.60. The van der Waals surface area contributed by atoms with Gasteiger partial charge in [0.05, 0.1) is 24.0 Å². The lowest BCUT2D eigenvalue weighted by atomic mass is 10.1. The van der Waals surface area contributed by atoms with E-state index in [0.29, 0.717) is 6.04 Å². The highest BCUT2D eigenvalue weighted by Crippen LogP contribution is 2.24. The molecule has 0 N–H and O–H groups in total. The molecule has 1 aromatic carbocycles. The van der Waals surface area contributed by atoms with Crippen LogP contribution in [-0.4, -0.2) is 37.8 Å². The number of hydrogen-bond donors (Lipinski definition) is 0. The molecule has 0 spiro atoms. The van der Waals surface area contributed by atoms with Gasteiger partial charge in [-0.15, -0.1) is 0 Å². The molecule has 0 saturated carbocycles. The average molecular weight is 337 g/mol. The first-order chi connectivity index (χ1) is 12.1. The van der Waals surface area contributed by atoms with Gasteiger partial charge < -0.3 is 4.74 Å². The fourth-order valence-corrected chi connectivity index (χ4v) is 3.51. The normalized spacial score (nSPS) is 17.3. The third-order valence-electron chi connectivity index (χ3n) is 4.84. The van der Waals surface area contributed by atoms with Crippen molar-refractivity contribution in [3.8, 4) is 5.69 Å². The fraction of sp³-hybridized carbons (Fsp3) is 0.421. The first-order valence-electron chi connectivity index (χ1n) is 8.74. The summed E-state index contributed by atoms with van der Waals surface area (Å²) in [4.78, 5) is 4.67. The number of rotatable bonds is 4. The maximum atomic E-state index is 5.53. The first-order valence-corrected chi connectivity index (χ1v) is 8.74. The molecule has 130 valence electrons. The van der Waals surface area contributed by atoms with Crippen LogP contribution in [0.2, 0.25) is 0 Å². The van der Waals surface area contributed by atoms with Gasteiger partial charge in [0.2, 0.25) is 0 Å². The number of aromatic nitrogens is 5. The number of aryl methyl sites for hydroxylation is 2. The monoisotopic (exact) mass is 337 g/mol. The average Bonchev–Trinajstić information content (AvgIpc) is 3.32. The zero-order chi connectivity index (χ0) is 17.4. The SMILES string of the molecule is Cc1nc(Cc2c(C)nn(-c3ccccc3)c2C)n(C2CCOC2)n1. The molecule has 1 saturated heterocycles. The van der Waals surface area contributed by atoms with Gasteiger partial charge in [-0.2, -0.15) is 10.2 Å². The predicted molar refractivity (Wildman–Crippen MR) is 95.1 cm³/mol. The molecule has 1 aliphatic heterocycles. The first kappa shape index (κ1) is 16.0. The Hall–Kier alpha value is -2.47. The second-order valence-electron chi connectivity index (χ2n) is 6.61. The van der Waals surface area contributed by atoms with Crippen LogP contribution in [0.4, 0.5) is 0 Å². The van der Waals surface area contributed by atoms with Crippen LogP contribution in [0.25, 0.3) is 5.69 Å². The highest BCUT2D eigenvalue weighted by atomic mass is 16.5. The fourth-order valence-electron chi connectivity index (χ4n) is 3.51. The van der Waals surface area contributed by atoms with Crippen LogP contribution >= 0.6 is 0 Å². The molecule has 1 unspecified atom stereocenters. The minimum Gasteiger partial charge on any atom is -0.379 e. The Labute approximate surface area is 147 Å². The van der Waals surface area contributed by atoms with Crippen molar-refractivity contribution in [1.82, 2.24) is 24.5 Å². The Morgan fingerprint density at radius 3 is 2.64 bits per heavy atom. The molecule has 1 atom stereocenters. The van der Waals surface area contributed by atoms with E-state index in [-0.39, 0.29) is 0 Å². The highest BCUT2D eigenvalue weighted by molar-refractivity contribution is 5.38. The minimum absolute atomic E-state index is 0.293. The van der Waals surface area contributed by atoms with Crippen LogP contribution in [0.1, 0.15) is 41.1 Å². The van der Waals surface area contributed by atoms with Gasteiger partial charge in [0.15, 0.2) is 0 Å². The van der Waals surface area contributed by atoms with Crippen molar-refractivity contribution in [2.75, 3.05) is 13.2 Å². The minimum atomic E-state index is 0.293. The molecule has 1 fully saturated rings. The van der Waals surface area contributed by atoms with Crippen LogP contribution in [0.3, 0.4) is 0 Å². The zero-order valence-corrected chi connectivity index (χ0v) is 14.9. The van der Waals surface area contributed by atoms with E-state index in [4.69, 9.17) is 9.84 Å². The largest absolute Gasteiger partial charge is 0.379 e. The number of benzene rings is 1. The Balaban J connectivity index is 1.69. The van der Waals surface area contributed by atoms with Gasteiger partial charge in [0.25, 0.3) is 0 Å². The quantitative estimate of drug-likeness (QED) is 0.734. The maximum Gasteiger partial charge on any atom is 0.147 e. The van der Waals surface area contributed by atoms with Crippen molar-refractivity contribution in [3.63, 3.8) is 0 Å². The van der Waals surface area contributed by atoms with Gasteiger partial charge >= 0.3 is 0 Å². The Morgan fingerprint density at radius 2 is 1.92 bits per heavy atom. The summed E-state index contributed by atoms with van der Waals surface area (Å²) in [6.45, 7) is 7.65. The van der Waals surface area contributed by atoms with Crippen LogP contribution < -0.4 is 0 Å². The molecule has 2 aromatic heterocycles. The second-order valence-corrected chi connectivity index (χ2v) is 6.61. The van der Waals surface area contributed by atoms with E-state index in [1.54, 1.807) is 0 Å². The zero-order valence-electron chi connectivity index (χ0n) is 14.9. The van der Waals surface area contributed by atoms with Gasteiger partial charge in [-0.1, -0.05) is 18.2 Å². The maximum absolute atomic E-state index is 5.53. The highest BCUT2D eigenvalue weighted by Gasteiger charge is 2.24. The smallest absolute Gasteiger partial charge is 0.147 e. The van der Waals surface area contributed by atoms with E-state index in [2.05, 4.69) is 40.7 Å². The van der Waals surface area contributed by atoms with E-state index >= 15 is 0 Å². The Kier molecular flexibility index (Phi) is 4.13. The van der Waals surface area contributed by atoms with E-state index in [9.17, 15) is 0 Å². The lowest BCUT2D eigenvalue weighted by molar-refractivity contribution is 0.184. The molecule has 0 radical (unpaired) electrons. The van der Waals surface area contributed by atoms with E-state index in [1.807, 2.05) is 29.8 Å².